The van der Waals surface area contributed by atoms with Gasteiger partial charge in [-0.3, -0.25) is 4.79 Å². The number of rotatable bonds is 14. The smallest absolute Gasteiger partial charge is 0.220 e. The van der Waals surface area contributed by atoms with E-state index >= 15 is 0 Å². The molecule has 0 aromatic heterocycles. The van der Waals surface area contributed by atoms with Gasteiger partial charge in [0.25, 0.3) is 0 Å². The lowest BCUT2D eigenvalue weighted by Crippen LogP contribution is -2.32. The molecule has 1 amide bonds. The molecular formula is C30H38N2O6. The van der Waals surface area contributed by atoms with E-state index in [1.807, 2.05) is 30.3 Å². The number of ether oxygens (including phenoxy) is 2. The van der Waals surface area contributed by atoms with Crippen LogP contribution in [0.5, 0.6) is 17.2 Å². The Morgan fingerprint density at radius 3 is 2.34 bits per heavy atom. The molecule has 5 N–H and O–H groups in total. The maximum atomic E-state index is 12.5. The van der Waals surface area contributed by atoms with Crippen LogP contribution in [0.2, 0.25) is 0 Å². The third kappa shape index (κ3) is 8.21. The summed E-state index contributed by atoms with van der Waals surface area (Å²) in [4.78, 5) is 12.5. The van der Waals surface area contributed by atoms with Gasteiger partial charge >= 0.3 is 0 Å². The number of methoxy groups -OCH3 is 2. The van der Waals surface area contributed by atoms with Gasteiger partial charge in [-0.1, -0.05) is 36.4 Å². The Hall–Kier alpha value is -3.59. The van der Waals surface area contributed by atoms with Gasteiger partial charge in [-0.15, -0.1) is 0 Å². The number of amides is 1. The molecule has 38 heavy (non-hydrogen) atoms. The number of aliphatic hydroxyl groups is 2. The lowest BCUT2D eigenvalue weighted by molar-refractivity contribution is -0.121. The Morgan fingerprint density at radius 2 is 1.66 bits per heavy atom. The minimum atomic E-state index is -0.760. The average Bonchev–Trinajstić information content (AvgIpc) is 2.93. The third-order valence-electron chi connectivity index (χ3n) is 6.48. The van der Waals surface area contributed by atoms with Crippen molar-refractivity contribution in [1.82, 2.24) is 10.6 Å². The van der Waals surface area contributed by atoms with Crippen LogP contribution in [0.25, 0.3) is 0 Å². The van der Waals surface area contributed by atoms with Crippen LogP contribution in [0.4, 0.5) is 0 Å². The minimum Gasteiger partial charge on any atom is -0.508 e. The molecule has 0 radical (unpaired) electrons. The number of aryl methyl sites for hydroxylation is 1. The van der Waals surface area contributed by atoms with E-state index in [4.69, 9.17) is 9.47 Å². The van der Waals surface area contributed by atoms with Gasteiger partial charge in [-0.2, -0.15) is 0 Å². The molecule has 0 saturated carbocycles. The van der Waals surface area contributed by atoms with Crippen molar-refractivity contribution in [2.45, 2.75) is 51.5 Å². The predicted molar refractivity (Wildman–Crippen MR) is 146 cm³/mol. The maximum absolute atomic E-state index is 12.5. The zero-order valence-corrected chi connectivity index (χ0v) is 22.2. The molecule has 0 fully saturated rings. The first kappa shape index (κ1) is 29.0. The van der Waals surface area contributed by atoms with E-state index in [-0.39, 0.29) is 24.3 Å². The van der Waals surface area contributed by atoms with Crippen LogP contribution in [-0.2, 0) is 30.8 Å². The van der Waals surface area contributed by atoms with Crippen LogP contribution in [0.15, 0.2) is 60.7 Å². The molecule has 204 valence electrons. The van der Waals surface area contributed by atoms with Gasteiger partial charge < -0.3 is 35.4 Å². The highest BCUT2D eigenvalue weighted by atomic mass is 16.5. The molecule has 3 aromatic carbocycles. The highest BCUT2D eigenvalue weighted by Gasteiger charge is 2.14. The van der Waals surface area contributed by atoms with Crippen molar-refractivity contribution in [2.24, 2.45) is 0 Å². The number of hydrogen-bond donors (Lipinski definition) is 5. The number of aliphatic hydroxyl groups excluding tert-OH is 2. The third-order valence-corrected chi connectivity index (χ3v) is 6.48. The molecule has 0 aliphatic heterocycles. The zero-order valence-electron chi connectivity index (χ0n) is 22.2. The van der Waals surface area contributed by atoms with Crippen molar-refractivity contribution in [1.29, 1.82) is 0 Å². The molecule has 8 heteroatoms. The van der Waals surface area contributed by atoms with Gasteiger partial charge in [0.2, 0.25) is 5.91 Å². The van der Waals surface area contributed by atoms with Gasteiger partial charge in [0.15, 0.2) is 0 Å². The molecule has 2 unspecified atom stereocenters. The molecule has 2 atom stereocenters. The largest absolute Gasteiger partial charge is 0.508 e. The Morgan fingerprint density at radius 1 is 0.974 bits per heavy atom. The number of carbonyl (C=O) groups excluding carboxylic acids is 1. The fourth-order valence-corrected chi connectivity index (χ4v) is 4.34. The summed E-state index contributed by atoms with van der Waals surface area (Å²) < 4.78 is 10.8. The van der Waals surface area contributed by atoms with Crippen LogP contribution >= 0.6 is 0 Å². The number of aromatic hydroxyl groups is 1. The first-order valence-electron chi connectivity index (χ1n) is 12.7. The van der Waals surface area contributed by atoms with E-state index in [1.165, 1.54) is 6.07 Å². The van der Waals surface area contributed by atoms with Crippen molar-refractivity contribution in [2.75, 3.05) is 20.8 Å². The lowest BCUT2D eigenvalue weighted by Gasteiger charge is -2.18. The summed E-state index contributed by atoms with van der Waals surface area (Å²) in [6.07, 6.45) is 0.988. The quantitative estimate of drug-likeness (QED) is 0.220. The number of hydrogen-bond acceptors (Lipinski definition) is 7. The molecule has 0 heterocycles. The SMILES string of the molecule is COc1cccc(OC)c1CNC(=O)CCc1cccc(CC(C)NCC(O)c2ccc(O)c(CO)c2)c1. The van der Waals surface area contributed by atoms with E-state index in [9.17, 15) is 20.1 Å². The number of nitrogens with one attached hydrogen (secondary N) is 2. The fraction of sp³-hybridized carbons (Fsp3) is 0.367. The van der Waals surface area contributed by atoms with Crippen LogP contribution < -0.4 is 20.1 Å². The Kier molecular flexibility index (Phi) is 11.0. The summed E-state index contributed by atoms with van der Waals surface area (Å²) in [6.45, 7) is 2.43. The van der Waals surface area contributed by atoms with Crippen molar-refractivity contribution < 1.29 is 29.6 Å². The molecular weight excluding hydrogens is 484 g/mol. The molecule has 3 rings (SSSR count). The second kappa shape index (κ2) is 14.4. The van der Waals surface area contributed by atoms with E-state index in [0.717, 1.165) is 23.1 Å². The molecule has 0 bridgehead atoms. The summed E-state index contributed by atoms with van der Waals surface area (Å²) in [5.41, 5.74) is 4.05. The van der Waals surface area contributed by atoms with E-state index in [2.05, 4.69) is 29.7 Å². The monoisotopic (exact) mass is 522 g/mol. The Balaban J connectivity index is 1.47. The predicted octanol–water partition coefficient (Wildman–Crippen LogP) is 3.40. The van der Waals surface area contributed by atoms with E-state index in [0.29, 0.717) is 48.6 Å². The minimum absolute atomic E-state index is 0.0128. The summed E-state index contributed by atoms with van der Waals surface area (Å²) in [5.74, 6) is 1.31. The summed E-state index contributed by atoms with van der Waals surface area (Å²) >= 11 is 0. The molecule has 3 aromatic rings. The number of phenols is 1. The van der Waals surface area contributed by atoms with E-state index < -0.39 is 6.10 Å². The van der Waals surface area contributed by atoms with Crippen molar-refractivity contribution >= 4 is 5.91 Å². The first-order valence-corrected chi connectivity index (χ1v) is 12.7. The van der Waals surface area contributed by atoms with Gasteiger partial charge in [-0.25, -0.2) is 0 Å². The molecule has 0 spiro atoms. The summed E-state index contributed by atoms with van der Waals surface area (Å²) in [6, 6.07) is 18.6. The first-order chi connectivity index (χ1) is 18.3. The summed E-state index contributed by atoms with van der Waals surface area (Å²) in [7, 11) is 3.18. The van der Waals surface area contributed by atoms with Crippen LogP contribution in [0.1, 0.15) is 47.3 Å². The van der Waals surface area contributed by atoms with Crippen LogP contribution in [0, 0.1) is 0 Å². The average molecular weight is 523 g/mol. The highest BCUT2D eigenvalue weighted by Crippen LogP contribution is 2.28. The Labute approximate surface area is 224 Å². The standard InChI is InChI=1S/C30H38N2O6/c1-20(31-18-27(35)23-11-12-26(34)24(16-23)19-33)14-22-7-4-6-21(15-22)10-13-30(36)32-17-25-28(37-2)8-5-9-29(25)38-3/h4-9,11-12,15-16,20,27,31,33-35H,10,13-14,17-19H2,1-3H3,(H,32,36). The lowest BCUT2D eigenvalue weighted by atomic mass is 10.0. The molecule has 0 saturated heterocycles. The van der Waals surface area contributed by atoms with Gasteiger partial charge in [0, 0.05) is 24.6 Å². The van der Waals surface area contributed by atoms with Gasteiger partial charge in [-0.05, 0) is 60.7 Å². The van der Waals surface area contributed by atoms with Crippen LogP contribution in [-0.4, -0.2) is 48.0 Å². The topological polar surface area (TPSA) is 120 Å². The number of benzene rings is 3. The second-order valence-electron chi connectivity index (χ2n) is 9.31. The van der Waals surface area contributed by atoms with Crippen molar-refractivity contribution in [3.05, 3.63) is 88.5 Å². The normalized spacial score (nSPS) is 12.6. The van der Waals surface area contributed by atoms with Crippen molar-refractivity contribution in [3.8, 4) is 17.2 Å². The van der Waals surface area contributed by atoms with Crippen molar-refractivity contribution in [3.63, 3.8) is 0 Å². The summed E-state index contributed by atoms with van der Waals surface area (Å²) in [5, 5.41) is 35.8. The van der Waals surface area contributed by atoms with Gasteiger partial charge in [0.05, 0.1) is 39.0 Å². The second-order valence-corrected chi connectivity index (χ2v) is 9.31. The zero-order chi connectivity index (χ0) is 27.5. The highest BCUT2D eigenvalue weighted by molar-refractivity contribution is 5.76. The van der Waals surface area contributed by atoms with Gasteiger partial charge in [0.1, 0.15) is 17.2 Å². The molecule has 0 aliphatic rings. The van der Waals surface area contributed by atoms with Crippen LogP contribution in [0.3, 0.4) is 0 Å². The number of carbonyl (C=O) groups is 1. The Bertz CT molecular complexity index is 1180. The molecule has 8 nitrogen and oxygen atoms in total. The van der Waals surface area contributed by atoms with E-state index in [1.54, 1.807) is 26.4 Å². The molecule has 0 aliphatic carbocycles. The maximum Gasteiger partial charge on any atom is 0.220 e. The fourth-order valence-electron chi connectivity index (χ4n) is 4.34.